The molecule has 0 fully saturated rings. The number of rotatable bonds is 3. The van der Waals surface area contributed by atoms with Crippen LogP contribution in [0.4, 0.5) is 0 Å². The highest BCUT2D eigenvalue weighted by atomic mass is 14.4. The van der Waals surface area contributed by atoms with E-state index in [-0.39, 0.29) is 5.41 Å². The van der Waals surface area contributed by atoms with Crippen LogP contribution in [0.15, 0.2) is 121 Å². The average molecular weight is 423 g/mol. The largest absolute Gasteiger partial charge is 0.0622 e. The average Bonchev–Trinajstić information content (AvgIpc) is 3.12. The van der Waals surface area contributed by atoms with Gasteiger partial charge in [-0.15, -0.1) is 0 Å². The Kier molecular flexibility index (Phi) is 4.55. The van der Waals surface area contributed by atoms with Gasteiger partial charge in [-0.25, -0.2) is 0 Å². The predicted molar refractivity (Wildman–Crippen MR) is 140 cm³/mol. The van der Waals surface area contributed by atoms with Crippen LogP contribution in [0.1, 0.15) is 25.0 Å². The van der Waals surface area contributed by atoms with Crippen LogP contribution < -0.4 is 0 Å². The van der Waals surface area contributed by atoms with Gasteiger partial charge in [0.15, 0.2) is 0 Å². The monoisotopic (exact) mass is 422 g/mol. The molecule has 1 aliphatic rings. The minimum Gasteiger partial charge on any atom is -0.0622 e. The Labute approximate surface area is 196 Å². The molecule has 0 unspecified atom stereocenters. The van der Waals surface area contributed by atoms with E-state index in [0.29, 0.717) is 0 Å². The molecule has 0 bridgehead atoms. The van der Waals surface area contributed by atoms with Crippen molar-refractivity contribution in [1.29, 1.82) is 0 Å². The third-order valence-electron chi connectivity index (χ3n) is 7.10. The van der Waals surface area contributed by atoms with Gasteiger partial charge in [0.05, 0.1) is 0 Å². The van der Waals surface area contributed by atoms with Crippen molar-refractivity contribution < 1.29 is 0 Å². The van der Waals surface area contributed by atoms with Gasteiger partial charge in [0.2, 0.25) is 0 Å². The highest BCUT2D eigenvalue weighted by Gasteiger charge is 2.36. The lowest BCUT2D eigenvalue weighted by Crippen LogP contribution is -2.14. The summed E-state index contributed by atoms with van der Waals surface area (Å²) in [6, 6.07) is 44.1. The SMILES string of the molecule is CC1(C)c2ccccc2-c2c(-c3cccc(-c4ccccc4-c4ccccc4)c3)cccc21. The maximum absolute atomic E-state index is 2.35. The molecular weight excluding hydrogens is 396 g/mol. The second-order valence-corrected chi connectivity index (χ2v) is 9.39. The van der Waals surface area contributed by atoms with E-state index in [1.807, 2.05) is 0 Å². The van der Waals surface area contributed by atoms with Crippen LogP contribution in [0.25, 0.3) is 44.5 Å². The van der Waals surface area contributed by atoms with Crippen molar-refractivity contribution in [3.63, 3.8) is 0 Å². The summed E-state index contributed by atoms with van der Waals surface area (Å²) in [6.07, 6.45) is 0. The Morgan fingerprint density at radius 3 is 1.64 bits per heavy atom. The van der Waals surface area contributed by atoms with E-state index < -0.39 is 0 Å². The summed E-state index contributed by atoms with van der Waals surface area (Å²) in [6.45, 7) is 4.68. The molecule has 0 amide bonds. The van der Waals surface area contributed by atoms with Crippen LogP contribution in [-0.4, -0.2) is 0 Å². The molecule has 0 saturated heterocycles. The summed E-state index contributed by atoms with van der Waals surface area (Å²) < 4.78 is 0. The molecule has 6 rings (SSSR count). The predicted octanol–water partition coefficient (Wildman–Crippen LogP) is 8.99. The van der Waals surface area contributed by atoms with Crippen LogP contribution in [0.2, 0.25) is 0 Å². The van der Waals surface area contributed by atoms with Gasteiger partial charge in [-0.2, -0.15) is 0 Å². The molecule has 0 saturated carbocycles. The second kappa shape index (κ2) is 7.60. The van der Waals surface area contributed by atoms with Crippen LogP contribution in [0.5, 0.6) is 0 Å². The molecule has 0 heteroatoms. The smallest absolute Gasteiger partial charge is 0.0159 e. The van der Waals surface area contributed by atoms with Gasteiger partial charge in [0, 0.05) is 5.41 Å². The van der Waals surface area contributed by atoms with Crippen molar-refractivity contribution in [2.24, 2.45) is 0 Å². The van der Waals surface area contributed by atoms with E-state index >= 15 is 0 Å². The van der Waals surface area contributed by atoms with Crippen LogP contribution in [-0.2, 0) is 5.41 Å². The Hall–Kier alpha value is -3.90. The Morgan fingerprint density at radius 1 is 0.394 bits per heavy atom. The fourth-order valence-electron chi connectivity index (χ4n) is 5.45. The van der Waals surface area contributed by atoms with Gasteiger partial charge in [-0.3, -0.25) is 0 Å². The standard InChI is InChI=1S/C33H26/c1-33(2)30-20-9-8-18-29(30)32-28(19-11-21-31(32)33)25-15-10-14-24(22-25)27-17-7-6-16-26(27)23-12-4-3-5-13-23/h3-22H,1-2H3. The summed E-state index contributed by atoms with van der Waals surface area (Å²) in [4.78, 5) is 0. The van der Waals surface area contributed by atoms with Gasteiger partial charge in [-0.05, 0) is 61.7 Å². The van der Waals surface area contributed by atoms with E-state index in [1.54, 1.807) is 0 Å². The molecule has 5 aromatic rings. The zero-order valence-electron chi connectivity index (χ0n) is 19.0. The summed E-state index contributed by atoms with van der Waals surface area (Å²) in [5.41, 5.74) is 13.2. The number of hydrogen-bond donors (Lipinski definition) is 0. The van der Waals surface area contributed by atoms with Crippen molar-refractivity contribution >= 4 is 0 Å². The lowest BCUT2D eigenvalue weighted by Gasteiger charge is -2.21. The topological polar surface area (TPSA) is 0 Å². The molecule has 0 radical (unpaired) electrons. The van der Waals surface area contributed by atoms with Crippen LogP contribution >= 0.6 is 0 Å². The van der Waals surface area contributed by atoms with Crippen molar-refractivity contribution in [2.45, 2.75) is 19.3 Å². The summed E-state index contributed by atoms with van der Waals surface area (Å²) in [7, 11) is 0. The molecule has 158 valence electrons. The molecule has 0 N–H and O–H groups in total. The third kappa shape index (κ3) is 3.14. The third-order valence-corrected chi connectivity index (χ3v) is 7.10. The molecule has 1 aliphatic carbocycles. The molecule has 33 heavy (non-hydrogen) atoms. The number of hydrogen-bond acceptors (Lipinski definition) is 0. The van der Waals surface area contributed by atoms with Gasteiger partial charge < -0.3 is 0 Å². The van der Waals surface area contributed by atoms with Crippen molar-refractivity contribution in [3.05, 3.63) is 132 Å². The molecule has 0 spiro atoms. The zero-order chi connectivity index (χ0) is 22.4. The number of fused-ring (bicyclic) bond motifs is 3. The van der Waals surface area contributed by atoms with E-state index in [4.69, 9.17) is 0 Å². The normalized spacial score (nSPS) is 13.4. The maximum atomic E-state index is 2.35. The second-order valence-electron chi connectivity index (χ2n) is 9.39. The fraction of sp³-hybridized carbons (Fsp3) is 0.0909. The first-order valence-electron chi connectivity index (χ1n) is 11.6. The van der Waals surface area contributed by atoms with Crippen molar-refractivity contribution in [3.8, 4) is 44.5 Å². The van der Waals surface area contributed by atoms with E-state index in [2.05, 4.69) is 135 Å². The Balaban J connectivity index is 1.53. The zero-order valence-corrected chi connectivity index (χ0v) is 19.0. The molecule has 0 aliphatic heterocycles. The summed E-state index contributed by atoms with van der Waals surface area (Å²) >= 11 is 0. The van der Waals surface area contributed by atoms with Crippen LogP contribution in [0.3, 0.4) is 0 Å². The lowest BCUT2D eigenvalue weighted by molar-refractivity contribution is 0.660. The molecule has 5 aromatic carbocycles. The minimum absolute atomic E-state index is 0.0133. The molecular formula is C33H26. The first kappa shape index (κ1) is 19.8. The first-order chi connectivity index (χ1) is 16.1. The van der Waals surface area contributed by atoms with E-state index in [1.165, 1.54) is 55.6 Å². The minimum atomic E-state index is 0.0133. The summed E-state index contributed by atoms with van der Waals surface area (Å²) in [5.74, 6) is 0. The Morgan fingerprint density at radius 2 is 0.879 bits per heavy atom. The molecule has 0 atom stereocenters. The highest BCUT2D eigenvalue weighted by molar-refractivity contribution is 5.94. The highest BCUT2D eigenvalue weighted by Crippen LogP contribution is 2.52. The van der Waals surface area contributed by atoms with Crippen LogP contribution in [0, 0.1) is 0 Å². The fourth-order valence-corrected chi connectivity index (χ4v) is 5.45. The number of benzene rings is 5. The molecule has 0 aromatic heterocycles. The summed E-state index contributed by atoms with van der Waals surface area (Å²) in [5, 5.41) is 0. The van der Waals surface area contributed by atoms with Crippen molar-refractivity contribution in [2.75, 3.05) is 0 Å². The van der Waals surface area contributed by atoms with Gasteiger partial charge in [0.25, 0.3) is 0 Å². The first-order valence-corrected chi connectivity index (χ1v) is 11.6. The maximum Gasteiger partial charge on any atom is 0.0159 e. The van der Waals surface area contributed by atoms with Gasteiger partial charge in [-0.1, -0.05) is 129 Å². The Bertz CT molecular complexity index is 1470. The van der Waals surface area contributed by atoms with E-state index in [0.717, 1.165) is 0 Å². The molecule has 0 heterocycles. The van der Waals surface area contributed by atoms with Gasteiger partial charge in [0.1, 0.15) is 0 Å². The molecule has 0 nitrogen and oxygen atoms in total. The van der Waals surface area contributed by atoms with Gasteiger partial charge >= 0.3 is 0 Å². The quantitative estimate of drug-likeness (QED) is 0.272. The van der Waals surface area contributed by atoms with E-state index in [9.17, 15) is 0 Å². The van der Waals surface area contributed by atoms with Crippen molar-refractivity contribution in [1.82, 2.24) is 0 Å². The lowest BCUT2D eigenvalue weighted by atomic mass is 9.82.